The van der Waals surface area contributed by atoms with Crippen molar-refractivity contribution in [2.75, 3.05) is 6.54 Å². The van der Waals surface area contributed by atoms with Crippen molar-refractivity contribution < 1.29 is 9.59 Å². The lowest BCUT2D eigenvalue weighted by Gasteiger charge is -2.36. The van der Waals surface area contributed by atoms with Gasteiger partial charge in [0.05, 0.1) is 18.7 Å². The first-order valence-electron chi connectivity index (χ1n) is 10.3. The van der Waals surface area contributed by atoms with Gasteiger partial charge in [0, 0.05) is 44.6 Å². The number of amides is 2. The predicted octanol–water partition coefficient (Wildman–Crippen LogP) is 1.52. The van der Waals surface area contributed by atoms with Gasteiger partial charge in [-0.3, -0.25) is 14.3 Å². The zero-order valence-corrected chi connectivity index (χ0v) is 17.5. The fourth-order valence-electron chi connectivity index (χ4n) is 3.97. The number of nitrogens with zero attached hydrogens (tertiary/aromatic N) is 6. The molecule has 1 unspecified atom stereocenters. The molecule has 4 aromatic rings. The summed E-state index contributed by atoms with van der Waals surface area (Å²) in [5.74, 6) is 0.226. The number of nitrogens with one attached hydrogen (secondary N) is 2. The predicted molar refractivity (Wildman–Crippen MR) is 115 cm³/mol. The summed E-state index contributed by atoms with van der Waals surface area (Å²) in [6, 6.07) is 9.29. The summed E-state index contributed by atoms with van der Waals surface area (Å²) in [7, 11) is 1.83. The van der Waals surface area contributed by atoms with Crippen LogP contribution < -0.4 is 5.32 Å². The molecule has 162 valence electrons. The van der Waals surface area contributed by atoms with Crippen LogP contribution in [0.1, 0.15) is 44.0 Å². The van der Waals surface area contributed by atoms with Crippen LogP contribution in [0.3, 0.4) is 0 Å². The van der Waals surface area contributed by atoms with Crippen LogP contribution >= 0.6 is 0 Å². The molecule has 10 nitrogen and oxygen atoms in total. The van der Waals surface area contributed by atoms with Gasteiger partial charge in [-0.05, 0) is 5.56 Å². The Hall–Kier alpha value is -4.21. The largest absolute Gasteiger partial charge is 0.346 e. The monoisotopic (exact) mass is 430 g/mol. The molecule has 1 aliphatic heterocycles. The van der Waals surface area contributed by atoms with Gasteiger partial charge in [-0.2, -0.15) is 5.10 Å². The maximum Gasteiger partial charge on any atom is 0.272 e. The third-order valence-corrected chi connectivity index (χ3v) is 5.49. The molecule has 1 aliphatic rings. The van der Waals surface area contributed by atoms with Crippen LogP contribution in [0.25, 0.3) is 0 Å². The van der Waals surface area contributed by atoms with E-state index in [4.69, 9.17) is 0 Å². The average molecular weight is 430 g/mol. The van der Waals surface area contributed by atoms with Gasteiger partial charge in [-0.15, -0.1) is 0 Å². The Morgan fingerprint density at radius 1 is 1.16 bits per heavy atom. The minimum absolute atomic E-state index is 0.159. The highest BCUT2D eigenvalue weighted by molar-refractivity contribution is 5.93. The molecule has 0 aliphatic carbocycles. The molecule has 0 radical (unpaired) electrons. The first kappa shape index (κ1) is 19.7. The topological polar surface area (TPSA) is 114 Å². The van der Waals surface area contributed by atoms with Crippen molar-refractivity contribution in [1.29, 1.82) is 0 Å². The summed E-state index contributed by atoms with van der Waals surface area (Å²) in [6.45, 7) is 1.39. The smallest absolute Gasteiger partial charge is 0.272 e. The fourth-order valence-corrected chi connectivity index (χ4v) is 3.97. The Morgan fingerprint density at radius 3 is 2.72 bits per heavy atom. The average Bonchev–Trinajstić information content (AvgIpc) is 3.57. The molecule has 3 aromatic heterocycles. The van der Waals surface area contributed by atoms with Crippen LogP contribution in [0, 0.1) is 0 Å². The lowest BCUT2D eigenvalue weighted by atomic mass is 10.0. The van der Waals surface area contributed by atoms with Gasteiger partial charge in [-0.25, -0.2) is 9.97 Å². The Labute approximate surface area is 183 Å². The van der Waals surface area contributed by atoms with E-state index in [1.165, 1.54) is 12.5 Å². The minimum atomic E-state index is -0.416. The second kappa shape index (κ2) is 8.14. The van der Waals surface area contributed by atoms with Crippen LogP contribution in [0.5, 0.6) is 0 Å². The van der Waals surface area contributed by atoms with E-state index in [0.29, 0.717) is 36.8 Å². The molecule has 0 bridgehead atoms. The quantitative estimate of drug-likeness (QED) is 0.498. The fraction of sp³-hybridized carbons (Fsp3) is 0.227. The van der Waals surface area contributed by atoms with E-state index in [2.05, 4.69) is 25.4 Å². The Balaban J connectivity index is 1.45. The molecule has 4 heterocycles. The molecule has 32 heavy (non-hydrogen) atoms. The second-order valence-electron chi connectivity index (χ2n) is 7.66. The molecule has 1 aromatic carbocycles. The lowest BCUT2D eigenvalue weighted by molar-refractivity contribution is 0.0653. The van der Waals surface area contributed by atoms with Crippen LogP contribution in [0.4, 0.5) is 0 Å². The maximum atomic E-state index is 13.2. The molecule has 1 atom stereocenters. The number of aromatic amines is 1. The van der Waals surface area contributed by atoms with E-state index in [1.54, 1.807) is 22.0 Å². The van der Waals surface area contributed by atoms with Crippen molar-refractivity contribution in [2.45, 2.75) is 19.1 Å². The number of hydrogen-bond donors (Lipinski definition) is 2. The van der Waals surface area contributed by atoms with E-state index >= 15 is 0 Å². The molecule has 0 saturated heterocycles. The summed E-state index contributed by atoms with van der Waals surface area (Å²) in [4.78, 5) is 39.2. The summed E-state index contributed by atoms with van der Waals surface area (Å²) >= 11 is 0. The van der Waals surface area contributed by atoms with Crippen LogP contribution in [-0.2, 0) is 20.1 Å². The molecule has 0 fully saturated rings. The number of carbonyl (C=O) groups excluding carboxylic acids is 2. The lowest BCUT2D eigenvalue weighted by Crippen LogP contribution is -2.42. The zero-order valence-electron chi connectivity index (χ0n) is 17.5. The van der Waals surface area contributed by atoms with Crippen molar-refractivity contribution in [3.63, 3.8) is 0 Å². The van der Waals surface area contributed by atoms with Crippen LogP contribution in [0.2, 0.25) is 0 Å². The van der Waals surface area contributed by atoms with Gasteiger partial charge >= 0.3 is 0 Å². The number of imidazole rings is 2. The highest BCUT2D eigenvalue weighted by Crippen LogP contribution is 2.32. The molecular formula is C22H22N8O2. The van der Waals surface area contributed by atoms with Crippen LogP contribution in [-0.4, -0.2) is 52.6 Å². The first-order chi connectivity index (χ1) is 15.6. The van der Waals surface area contributed by atoms with E-state index in [-0.39, 0.29) is 11.8 Å². The highest BCUT2D eigenvalue weighted by Gasteiger charge is 2.35. The van der Waals surface area contributed by atoms with Gasteiger partial charge in [-0.1, -0.05) is 30.3 Å². The minimum Gasteiger partial charge on any atom is -0.346 e. The summed E-state index contributed by atoms with van der Waals surface area (Å²) in [5.41, 5.74) is 2.57. The van der Waals surface area contributed by atoms with E-state index in [9.17, 15) is 9.59 Å². The van der Waals surface area contributed by atoms with Crippen molar-refractivity contribution >= 4 is 11.8 Å². The number of aromatic nitrogens is 6. The molecule has 2 amide bonds. The zero-order chi connectivity index (χ0) is 22.1. The molecule has 0 saturated carbocycles. The van der Waals surface area contributed by atoms with E-state index in [1.807, 2.05) is 48.1 Å². The molecule has 10 heteroatoms. The van der Waals surface area contributed by atoms with Gasteiger partial charge in [0.25, 0.3) is 11.8 Å². The van der Waals surface area contributed by atoms with Crippen molar-refractivity contribution in [1.82, 2.24) is 39.5 Å². The summed E-state index contributed by atoms with van der Waals surface area (Å²) in [6.07, 6.45) is 8.32. The van der Waals surface area contributed by atoms with Gasteiger partial charge in [0.1, 0.15) is 23.3 Å². The summed E-state index contributed by atoms with van der Waals surface area (Å²) < 4.78 is 3.64. The second-order valence-corrected chi connectivity index (χ2v) is 7.66. The Bertz CT molecular complexity index is 1240. The van der Waals surface area contributed by atoms with Gasteiger partial charge in [0.2, 0.25) is 0 Å². The summed E-state index contributed by atoms with van der Waals surface area (Å²) in [5, 5.41) is 7.00. The third kappa shape index (κ3) is 3.66. The van der Waals surface area contributed by atoms with Crippen molar-refractivity contribution in [3.05, 3.63) is 89.8 Å². The maximum absolute atomic E-state index is 13.2. The number of hydrogen-bond acceptors (Lipinski definition) is 5. The number of carbonyl (C=O) groups is 2. The molecular weight excluding hydrogens is 408 g/mol. The van der Waals surface area contributed by atoms with Gasteiger partial charge < -0.3 is 19.8 Å². The normalized spacial score (nSPS) is 15.4. The Kier molecular flexibility index (Phi) is 5.02. The number of H-pyrrole nitrogens is 1. The standard InChI is InChI=1S/C22H22N8O2/c1-28-12-15(10-26-28)9-24-21(31)18-13-29-7-8-30(22(32)17-11-23-14-25-17)19(20(29)27-18)16-5-3-2-4-6-16/h2-6,10-14,19H,7-9H2,1H3,(H,23,25)(H,24,31). The molecule has 0 spiro atoms. The number of rotatable bonds is 5. The SMILES string of the molecule is Cn1cc(CNC(=O)c2cn3c(n2)C(c2ccccc2)N(C(=O)c2cnc[nH]2)CC3)cn1. The van der Waals surface area contributed by atoms with E-state index < -0.39 is 6.04 Å². The highest BCUT2D eigenvalue weighted by atomic mass is 16.2. The number of benzene rings is 1. The molecule has 2 N–H and O–H groups in total. The molecule has 5 rings (SSSR count). The number of fused-ring (bicyclic) bond motifs is 1. The van der Waals surface area contributed by atoms with Crippen molar-refractivity contribution in [3.8, 4) is 0 Å². The Morgan fingerprint density at radius 2 is 2.00 bits per heavy atom. The number of aryl methyl sites for hydroxylation is 1. The third-order valence-electron chi connectivity index (χ3n) is 5.49. The van der Waals surface area contributed by atoms with Crippen LogP contribution in [0.15, 0.2) is 61.4 Å². The van der Waals surface area contributed by atoms with Gasteiger partial charge in [0.15, 0.2) is 0 Å². The van der Waals surface area contributed by atoms with E-state index in [0.717, 1.165) is 11.1 Å². The van der Waals surface area contributed by atoms with Crippen molar-refractivity contribution in [2.24, 2.45) is 7.05 Å². The first-order valence-corrected chi connectivity index (χ1v) is 10.3.